The van der Waals surface area contributed by atoms with Crippen LogP contribution < -0.4 is 9.88 Å². The molecule has 32 heavy (non-hydrogen) atoms. The van der Waals surface area contributed by atoms with Crippen LogP contribution in [0.1, 0.15) is 15.9 Å². The summed E-state index contributed by atoms with van der Waals surface area (Å²) in [5.41, 5.74) is 3.68. The molecule has 0 atom stereocenters. The molecule has 0 aliphatic heterocycles. The first-order valence-electron chi connectivity index (χ1n) is 9.75. The third kappa shape index (κ3) is 4.84. The average molecular weight is 447 g/mol. The van der Waals surface area contributed by atoms with Crippen LogP contribution in [0.4, 0.5) is 5.69 Å². The number of amides is 1. The fraction of sp³-hybridized carbons (Fsp3) is 0.0870. The largest absolute Gasteiger partial charge is 0.478 e. The minimum absolute atomic E-state index is 0.132. The number of carboxylic acids is 1. The van der Waals surface area contributed by atoms with Gasteiger partial charge >= 0.3 is 11.1 Å². The second-order valence-corrected chi connectivity index (χ2v) is 7.92. The van der Waals surface area contributed by atoms with Crippen LogP contribution in [0.2, 0.25) is 0 Å². The zero-order valence-corrected chi connectivity index (χ0v) is 18.0. The number of benzene rings is 2. The number of anilines is 1. The molecular formula is C23H20N5O3S+. The second-order valence-electron chi connectivity index (χ2n) is 6.98. The number of carboxylic acid groups (broad SMARTS) is 1. The quantitative estimate of drug-likeness (QED) is 0.296. The zero-order chi connectivity index (χ0) is 22.5. The third-order valence-corrected chi connectivity index (χ3v) is 5.60. The molecule has 1 amide bonds. The first-order chi connectivity index (χ1) is 15.5. The number of aromatic amines is 1. The Bertz CT molecular complexity index is 1240. The first-order valence-corrected chi connectivity index (χ1v) is 10.7. The van der Waals surface area contributed by atoms with Gasteiger partial charge < -0.3 is 10.4 Å². The predicted octanol–water partition coefficient (Wildman–Crippen LogP) is 3.49. The average Bonchev–Trinajstić information content (AvgIpc) is 3.23. The molecule has 0 unspecified atom stereocenters. The molecule has 3 N–H and O–H groups in total. The van der Waals surface area contributed by atoms with Gasteiger partial charge in [-0.15, -0.1) is 5.10 Å². The fourth-order valence-electron chi connectivity index (χ4n) is 3.05. The van der Waals surface area contributed by atoms with Crippen LogP contribution in [0.25, 0.3) is 17.1 Å². The topological polar surface area (TPSA) is 112 Å². The normalized spacial score (nSPS) is 10.7. The van der Waals surface area contributed by atoms with E-state index < -0.39 is 5.97 Å². The summed E-state index contributed by atoms with van der Waals surface area (Å²) in [6, 6.07) is 17.9. The van der Waals surface area contributed by atoms with Crippen molar-refractivity contribution in [3.05, 3.63) is 84.2 Å². The summed E-state index contributed by atoms with van der Waals surface area (Å²) in [5, 5.41) is 19.9. The van der Waals surface area contributed by atoms with Crippen LogP contribution in [-0.2, 0) is 4.79 Å². The summed E-state index contributed by atoms with van der Waals surface area (Å²) < 4.78 is 1.97. The molecule has 2 heterocycles. The Morgan fingerprint density at radius 2 is 1.72 bits per heavy atom. The van der Waals surface area contributed by atoms with Crippen LogP contribution in [0.3, 0.4) is 0 Å². The lowest BCUT2D eigenvalue weighted by molar-refractivity contribution is -0.625. The molecule has 0 fully saturated rings. The van der Waals surface area contributed by atoms with E-state index in [1.807, 2.05) is 47.9 Å². The van der Waals surface area contributed by atoms with Gasteiger partial charge in [-0.2, -0.15) is 4.57 Å². The van der Waals surface area contributed by atoms with E-state index in [1.165, 1.54) is 23.9 Å². The van der Waals surface area contributed by atoms with E-state index in [1.54, 1.807) is 24.5 Å². The standard InChI is InChI=1S/C23H19N5O3S/c1-15-2-8-19(9-3-15)28-21(16-10-12-24-13-11-16)26-27-23(28)32-14-20(29)25-18-6-4-17(5-7-18)22(30)31/h2-13H,14H2,1H3,(H2,25,29,30,31)/p+1. The molecule has 2 aromatic carbocycles. The maximum absolute atomic E-state index is 12.5. The number of nitrogens with zero attached hydrogens (tertiary/aromatic N) is 3. The third-order valence-electron chi connectivity index (χ3n) is 4.67. The van der Waals surface area contributed by atoms with Crippen molar-refractivity contribution in [2.45, 2.75) is 12.1 Å². The van der Waals surface area contributed by atoms with Gasteiger partial charge in [-0.1, -0.05) is 17.7 Å². The molecule has 0 radical (unpaired) electrons. The number of aromatic nitrogens is 4. The predicted molar refractivity (Wildman–Crippen MR) is 121 cm³/mol. The molecule has 4 rings (SSSR count). The lowest BCUT2D eigenvalue weighted by Gasteiger charge is -2.06. The van der Waals surface area contributed by atoms with E-state index in [-0.39, 0.29) is 17.2 Å². The number of aryl methyl sites for hydroxylation is 1. The Kier molecular flexibility index (Phi) is 6.27. The molecular weight excluding hydrogens is 426 g/mol. The van der Waals surface area contributed by atoms with Gasteiger partial charge in [-0.3, -0.25) is 9.78 Å². The Labute approximate surface area is 188 Å². The van der Waals surface area contributed by atoms with E-state index in [4.69, 9.17) is 5.11 Å². The summed E-state index contributed by atoms with van der Waals surface area (Å²) in [5.74, 6) is -0.319. The minimum Gasteiger partial charge on any atom is -0.478 e. The van der Waals surface area contributed by atoms with Crippen molar-refractivity contribution in [3.63, 3.8) is 0 Å². The summed E-state index contributed by atoms with van der Waals surface area (Å²) in [7, 11) is 0. The number of pyridine rings is 1. The van der Waals surface area contributed by atoms with E-state index in [9.17, 15) is 9.59 Å². The highest BCUT2D eigenvalue weighted by atomic mass is 32.2. The Balaban J connectivity index is 1.54. The number of carbonyl (C=O) groups excluding carboxylic acids is 1. The van der Waals surface area contributed by atoms with Crippen LogP contribution >= 0.6 is 11.8 Å². The highest BCUT2D eigenvalue weighted by molar-refractivity contribution is 7.99. The van der Waals surface area contributed by atoms with Gasteiger partial charge in [0, 0.05) is 18.1 Å². The van der Waals surface area contributed by atoms with Crippen LogP contribution in [-0.4, -0.2) is 37.9 Å². The SMILES string of the molecule is Cc1ccc(-[n+]2c(SCC(=O)Nc3ccc(C(=O)O)cc3)n[nH]c2-c2ccncc2)cc1. The van der Waals surface area contributed by atoms with Crippen molar-refractivity contribution in [2.24, 2.45) is 0 Å². The number of carbonyl (C=O) groups is 2. The number of nitrogens with one attached hydrogen (secondary N) is 2. The maximum atomic E-state index is 12.5. The van der Waals surface area contributed by atoms with Gasteiger partial charge in [0.15, 0.2) is 0 Å². The maximum Gasteiger partial charge on any atom is 0.342 e. The van der Waals surface area contributed by atoms with Crippen LogP contribution in [0.5, 0.6) is 0 Å². The van der Waals surface area contributed by atoms with Gasteiger partial charge in [-0.05, 0) is 67.2 Å². The number of aromatic carboxylic acids is 1. The number of hydrogen-bond acceptors (Lipinski definition) is 5. The van der Waals surface area contributed by atoms with Crippen LogP contribution in [0.15, 0.2) is 78.2 Å². The molecule has 0 aliphatic carbocycles. The molecule has 0 bridgehead atoms. The van der Waals surface area contributed by atoms with E-state index in [2.05, 4.69) is 20.5 Å². The summed E-state index contributed by atoms with van der Waals surface area (Å²) in [6.07, 6.45) is 3.43. The Morgan fingerprint density at radius 1 is 1.03 bits per heavy atom. The van der Waals surface area contributed by atoms with Gasteiger partial charge in [0.25, 0.3) is 5.82 Å². The van der Waals surface area contributed by atoms with E-state index in [0.717, 1.165) is 22.6 Å². The van der Waals surface area contributed by atoms with Gasteiger partial charge in [0.1, 0.15) is 5.69 Å². The smallest absolute Gasteiger partial charge is 0.342 e. The minimum atomic E-state index is -1.01. The first kappa shape index (κ1) is 21.3. The highest BCUT2D eigenvalue weighted by Crippen LogP contribution is 2.20. The molecule has 160 valence electrons. The molecule has 0 saturated carbocycles. The number of thioether (sulfide) groups is 1. The fourth-order valence-corrected chi connectivity index (χ4v) is 3.82. The lowest BCUT2D eigenvalue weighted by atomic mass is 10.2. The summed E-state index contributed by atoms with van der Waals surface area (Å²) >= 11 is 1.30. The van der Waals surface area contributed by atoms with Crippen molar-refractivity contribution in [1.82, 2.24) is 15.2 Å². The summed E-state index contributed by atoms with van der Waals surface area (Å²) in [4.78, 5) is 27.5. The Morgan fingerprint density at radius 3 is 2.38 bits per heavy atom. The number of H-pyrrole nitrogens is 1. The highest BCUT2D eigenvalue weighted by Gasteiger charge is 2.24. The molecule has 9 heteroatoms. The van der Waals surface area contributed by atoms with Crippen molar-refractivity contribution >= 4 is 29.3 Å². The second kappa shape index (κ2) is 9.44. The zero-order valence-electron chi connectivity index (χ0n) is 17.1. The van der Waals surface area contributed by atoms with E-state index in [0.29, 0.717) is 10.8 Å². The van der Waals surface area contributed by atoms with Crippen molar-refractivity contribution < 1.29 is 19.3 Å². The van der Waals surface area contributed by atoms with Crippen molar-refractivity contribution in [3.8, 4) is 17.1 Å². The monoisotopic (exact) mass is 446 g/mol. The molecule has 8 nitrogen and oxygen atoms in total. The van der Waals surface area contributed by atoms with Crippen molar-refractivity contribution in [2.75, 3.05) is 11.1 Å². The van der Waals surface area contributed by atoms with Crippen LogP contribution in [0, 0.1) is 6.92 Å². The van der Waals surface area contributed by atoms with Crippen molar-refractivity contribution in [1.29, 1.82) is 0 Å². The summed E-state index contributed by atoms with van der Waals surface area (Å²) in [6.45, 7) is 2.02. The van der Waals surface area contributed by atoms with Gasteiger partial charge in [0.2, 0.25) is 5.91 Å². The Hall–Kier alpha value is -3.98. The molecule has 0 aliphatic rings. The number of rotatable bonds is 7. The lowest BCUT2D eigenvalue weighted by Crippen LogP contribution is -2.34. The van der Waals surface area contributed by atoms with Gasteiger partial charge in [-0.25, -0.2) is 4.79 Å². The molecule has 4 aromatic rings. The molecule has 0 spiro atoms. The number of hydrogen-bond donors (Lipinski definition) is 3. The van der Waals surface area contributed by atoms with Gasteiger partial charge in [0.05, 0.1) is 22.0 Å². The van der Waals surface area contributed by atoms with E-state index >= 15 is 0 Å². The molecule has 2 aromatic heterocycles. The molecule has 0 saturated heterocycles.